The van der Waals surface area contributed by atoms with Crippen LogP contribution in [0.5, 0.6) is 0 Å². The van der Waals surface area contributed by atoms with Gasteiger partial charge in [0.2, 0.25) is 15.9 Å². The largest absolute Gasteiger partial charge is 0.470 e. The SMILES string of the molecule is O=S(=O)(c1ccc(F)c(Cl)c1)N1CCCC(c2nnc(C(F)(F)F)o2)C1. The van der Waals surface area contributed by atoms with Crippen molar-refractivity contribution in [2.45, 2.75) is 29.8 Å². The van der Waals surface area contributed by atoms with E-state index in [1.165, 1.54) is 0 Å². The summed E-state index contributed by atoms with van der Waals surface area (Å²) in [6, 6.07) is 3.00. The second-order valence-corrected chi connectivity index (χ2v) is 8.07. The molecule has 1 aromatic carbocycles. The number of halogens is 5. The first-order valence-electron chi connectivity index (χ1n) is 7.45. The minimum atomic E-state index is -4.77. The van der Waals surface area contributed by atoms with Gasteiger partial charge in [-0.05, 0) is 31.0 Å². The number of nitrogens with zero attached hydrogens (tertiary/aromatic N) is 3. The highest BCUT2D eigenvalue weighted by Crippen LogP contribution is 2.33. The van der Waals surface area contributed by atoms with Gasteiger partial charge in [0.1, 0.15) is 5.82 Å². The average molecular weight is 414 g/mol. The molecule has 26 heavy (non-hydrogen) atoms. The molecule has 0 bridgehead atoms. The molecule has 2 aromatic rings. The fourth-order valence-electron chi connectivity index (χ4n) is 2.66. The molecule has 0 amide bonds. The van der Waals surface area contributed by atoms with E-state index in [0.29, 0.717) is 12.8 Å². The highest BCUT2D eigenvalue weighted by atomic mass is 35.5. The van der Waals surface area contributed by atoms with E-state index >= 15 is 0 Å². The number of alkyl halides is 3. The van der Waals surface area contributed by atoms with E-state index < -0.39 is 33.8 Å². The van der Waals surface area contributed by atoms with Crippen molar-refractivity contribution in [3.05, 3.63) is 40.8 Å². The van der Waals surface area contributed by atoms with E-state index in [1.54, 1.807) is 0 Å². The Hall–Kier alpha value is -1.72. The predicted molar refractivity (Wildman–Crippen MR) is 81.4 cm³/mol. The van der Waals surface area contributed by atoms with Crippen LogP contribution in [0.15, 0.2) is 27.5 Å². The van der Waals surface area contributed by atoms with Crippen LogP contribution in [0.25, 0.3) is 0 Å². The molecule has 1 unspecified atom stereocenters. The number of piperidine rings is 1. The van der Waals surface area contributed by atoms with Gasteiger partial charge < -0.3 is 4.42 Å². The molecule has 0 aliphatic carbocycles. The Kier molecular flexibility index (Phi) is 4.97. The van der Waals surface area contributed by atoms with E-state index in [9.17, 15) is 26.0 Å². The lowest BCUT2D eigenvalue weighted by Gasteiger charge is -2.30. The Balaban J connectivity index is 1.83. The molecule has 0 N–H and O–H groups in total. The van der Waals surface area contributed by atoms with E-state index in [4.69, 9.17) is 11.6 Å². The van der Waals surface area contributed by atoms with Gasteiger partial charge in [0.05, 0.1) is 15.8 Å². The molecule has 3 rings (SSSR count). The highest BCUT2D eigenvalue weighted by molar-refractivity contribution is 7.89. The number of hydrogen-bond acceptors (Lipinski definition) is 5. The molecule has 1 aliphatic rings. The van der Waals surface area contributed by atoms with Gasteiger partial charge in [-0.3, -0.25) is 0 Å². The molecule has 0 spiro atoms. The quantitative estimate of drug-likeness (QED) is 0.720. The summed E-state index contributed by atoms with van der Waals surface area (Å²) in [5, 5.41) is 6.01. The Labute approximate surface area is 150 Å². The second-order valence-electron chi connectivity index (χ2n) is 5.72. The van der Waals surface area contributed by atoms with Crippen molar-refractivity contribution in [2.75, 3.05) is 13.1 Å². The minimum Gasteiger partial charge on any atom is -0.417 e. The fourth-order valence-corrected chi connectivity index (χ4v) is 4.46. The smallest absolute Gasteiger partial charge is 0.417 e. The lowest BCUT2D eigenvalue weighted by Crippen LogP contribution is -2.39. The van der Waals surface area contributed by atoms with E-state index in [-0.39, 0.29) is 28.9 Å². The van der Waals surface area contributed by atoms with E-state index in [1.807, 2.05) is 0 Å². The maximum absolute atomic E-state index is 13.3. The summed E-state index contributed by atoms with van der Waals surface area (Å²) in [5.41, 5.74) is 0. The molecule has 12 heteroatoms. The molecular weight excluding hydrogens is 402 g/mol. The standard InChI is InChI=1S/C14H12ClF4N3O3S/c15-10-6-9(3-4-11(10)16)26(23,24)22-5-1-2-8(7-22)12-20-21-13(25-12)14(17,18)19/h3-4,6,8H,1-2,5,7H2. The lowest BCUT2D eigenvalue weighted by atomic mass is 10.00. The second kappa shape index (κ2) is 6.78. The van der Waals surface area contributed by atoms with Crippen molar-refractivity contribution in [1.29, 1.82) is 0 Å². The van der Waals surface area contributed by atoms with Crippen LogP contribution in [0.3, 0.4) is 0 Å². The molecule has 1 fully saturated rings. The first kappa shape index (κ1) is 19.1. The van der Waals surface area contributed by atoms with Crippen LogP contribution in [-0.4, -0.2) is 36.0 Å². The fraction of sp³-hybridized carbons (Fsp3) is 0.429. The summed E-state index contributed by atoms with van der Waals surface area (Å²) in [6.45, 7) is 0.0327. The average Bonchev–Trinajstić information content (AvgIpc) is 3.08. The van der Waals surface area contributed by atoms with Gasteiger partial charge in [-0.2, -0.15) is 17.5 Å². The summed E-state index contributed by atoms with van der Waals surface area (Å²) in [7, 11) is -3.99. The first-order valence-corrected chi connectivity index (χ1v) is 9.26. The van der Waals surface area contributed by atoms with Crippen LogP contribution in [0.4, 0.5) is 17.6 Å². The molecule has 2 heterocycles. The monoisotopic (exact) mass is 413 g/mol. The molecule has 1 aliphatic heterocycles. The molecule has 142 valence electrons. The third-order valence-electron chi connectivity index (χ3n) is 3.95. The van der Waals surface area contributed by atoms with Gasteiger partial charge >= 0.3 is 12.1 Å². The van der Waals surface area contributed by atoms with Gasteiger partial charge in [-0.1, -0.05) is 11.6 Å². The number of rotatable bonds is 3. The molecule has 6 nitrogen and oxygen atoms in total. The number of aromatic nitrogens is 2. The van der Waals surface area contributed by atoms with E-state index in [2.05, 4.69) is 14.6 Å². The first-order chi connectivity index (χ1) is 12.1. The third-order valence-corrected chi connectivity index (χ3v) is 6.10. The maximum Gasteiger partial charge on any atom is 0.470 e. The molecule has 1 aromatic heterocycles. The topological polar surface area (TPSA) is 76.3 Å². The van der Waals surface area contributed by atoms with Gasteiger partial charge in [0, 0.05) is 13.1 Å². The molecule has 0 radical (unpaired) electrons. The highest BCUT2D eigenvalue weighted by Gasteiger charge is 2.40. The molecular formula is C14H12ClF4N3O3S. The van der Waals surface area contributed by atoms with Crippen molar-refractivity contribution in [1.82, 2.24) is 14.5 Å². The Bertz CT molecular complexity index is 916. The van der Waals surface area contributed by atoms with E-state index in [0.717, 1.165) is 22.5 Å². The van der Waals surface area contributed by atoms with Gasteiger partial charge in [0.15, 0.2) is 0 Å². The van der Waals surface area contributed by atoms with Gasteiger partial charge in [0.25, 0.3) is 0 Å². The van der Waals surface area contributed by atoms with Gasteiger partial charge in [-0.25, -0.2) is 12.8 Å². The van der Waals surface area contributed by atoms with Crippen molar-refractivity contribution in [3.63, 3.8) is 0 Å². The van der Waals surface area contributed by atoms with Crippen molar-refractivity contribution in [3.8, 4) is 0 Å². The Morgan fingerprint density at radius 3 is 2.62 bits per heavy atom. The Morgan fingerprint density at radius 2 is 2.00 bits per heavy atom. The maximum atomic E-state index is 13.3. The third kappa shape index (κ3) is 3.69. The molecule has 1 atom stereocenters. The minimum absolute atomic E-state index is 0.128. The number of sulfonamides is 1. The summed E-state index contributed by atoms with van der Waals surface area (Å²) in [4.78, 5) is -0.203. The Morgan fingerprint density at radius 1 is 1.27 bits per heavy atom. The summed E-state index contributed by atoms with van der Waals surface area (Å²) < 4.78 is 82.1. The van der Waals surface area contributed by atoms with Crippen molar-refractivity contribution >= 4 is 21.6 Å². The van der Waals surface area contributed by atoms with Gasteiger partial charge in [-0.15, -0.1) is 10.2 Å². The summed E-state index contributed by atoms with van der Waals surface area (Å²) in [5.74, 6) is -3.17. The van der Waals surface area contributed by atoms with Crippen LogP contribution in [0.2, 0.25) is 5.02 Å². The van der Waals surface area contributed by atoms with Crippen LogP contribution in [-0.2, 0) is 16.2 Å². The summed E-state index contributed by atoms with van der Waals surface area (Å²) in [6.07, 6.45) is -3.98. The number of benzene rings is 1. The zero-order valence-electron chi connectivity index (χ0n) is 13.0. The van der Waals surface area contributed by atoms with Crippen LogP contribution >= 0.6 is 11.6 Å². The van der Waals surface area contributed by atoms with Crippen molar-refractivity contribution < 1.29 is 30.4 Å². The molecule has 0 saturated carbocycles. The zero-order chi connectivity index (χ0) is 19.1. The van der Waals surface area contributed by atoms with Crippen LogP contribution in [0, 0.1) is 5.82 Å². The van der Waals surface area contributed by atoms with Crippen molar-refractivity contribution in [2.24, 2.45) is 0 Å². The van der Waals surface area contributed by atoms with Crippen LogP contribution in [0.1, 0.15) is 30.5 Å². The molecule has 1 saturated heterocycles. The summed E-state index contributed by atoms with van der Waals surface area (Å²) >= 11 is 5.63. The normalized spacial score (nSPS) is 19.7. The zero-order valence-corrected chi connectivity index (χ0v) is 14.6. The number of hydrogen-bond donors (Lipinski definition) is 0. The predicted octanol–water partition coefficient (Wildman–Crippen LogP) is 3.45. The van der Waals surface area contributed by atoms with Crippen LogP contribution < -0.4 is 0 Å². The lowest BCUT2D eigenvalue weighted by molar-refractivity contribution is -0.157.